The molecular weight excluding hydrogens is 637 g/mol. The van der Waals surface area contributed by atoms with Crippen LogP contribution >= 0.6 is 0 Å². The maximum absolute atomic E-state index is 6.41. The third-order valence-electron chi connectivity index (χ3n) is 10.2. The Balaban J connectivity index is 1.08. The quantitative estimate of drug-likeness (QED) is 0.187. The Bertz CT molecular complexity index is 3020. The van der Waals surface area contributed by atoms with E-state index in [1.165, 1.54) is 32.7 Å². The minimum absolute atomic E-state index is 0.567. The largest absolute Gasteiger partial charge is 0.455 e. The van der Waals surface area contributed by atoms with Crippen LogP contribution < -0.4 is 4.90 Å². The number of rotatable bonds is 4. The van der Waals surface area contributed by atoms with Gasteiger partial charge >= 0.3 is 0 Å². The highest BCUT2D eigenvalue weighted by Gasteiger charge is 2.26. The monoisotopic (exact) mass is 664 g/mol. The maximum atomic E-state index is 6.41. The molecule has 1 aliphatic heterocycles. The summed E-state index contributed by atoms with van der Waals surface area (Å²) in [6, 6.07) is 59.3. The molecule has 0 fully saturated rings. The molecule has 0 amide bonds. The van der Waals surface area contributed by atoms with Crippen LogP contribution in [-0.2, 0) is 0 Å². The maximum Gasteiger partial charge on any atom is 0.167 e. The molecule has 8 aromatic carbocycles. The van der Waals surface area contributed by atoms with Crippen molar-refractivity contribution in [2.45, 2.75) is 0 Å². The number of para-hydroxylation sites is 2. The number of fused-ring (bicyclic) bond motifs is 6. The number of nitrogens with zero attached hydrogens (tertiary/aromatic N) is 4. The summed E-state index contributed by atoms with van der Waals surface area (Å²) in [6.45, 7) is 0. The van der Waals surface area contributed by atoms with Gasteiger partial charge in [0.2, 0.25) is 0 Å². The molecule has 10 aromatic rings. The lowest BCUT2D eigenvalue weighted by Gasteiger charge is -2.34. The number of anilines is 3. The van der Waals surface area contributed by atoms with E-state index >= 15 is 0 Å². The SMILES string of the molecule is c1ccc(-c2nc(-c3ccc(N4c5cc6ccccc6cc5-c5cccc6cccc4c56)cc3)nc(-c3cccc4c3oc3ccccc34)n2)cc1. The zero-order valence-corrected chi connectivity index (χ0v) is 27.9. The molecule has 2 aromatic heterocycles. The highest BCUT2D eigenvalue weighted by molar-refractivity contribution is 6.15. The van der Waals surface area contributed by atoms with E-state index in [0.29, 0.717) is 17.5 Å². The normalized spacial score (nSPS) is 12.2. The molecule has 11 rings (SSSR count). The highest BCUT2D eigenvalue weighted by atomic mass is 16.3. The van der Waals surface area contributed by atoms with Crippen molar-refractivity contribution < 1.29 is 4.42 Å². The Hall–Kier alpha value is -7.11. The first-order valence-corrected chi connectivity index (χ1v) is 17.4. The molecule has 3 heterocycles. The fourth-order valence-corrected chi connectivity index (χ4v) is 7.79. The number of furan rings is 1. The van der Waals surface area contributed by atoms with Crippen molar-refractivity contribution in [1.29, 1.82) is 0 Å². The van der Waals surface area contributed by atoms with Crippen molar-refractivity contribution in [3.05, 3.63) is 170 Å². The number of hydrogen-bond donors (Lipinski definition) is 0. The lowest BCUT2D eigenvalue weighted by Crippen LogP contribution is -2.15. The molecule has 0 radical (unpaired) electrons. The van der Waals surface area contributed by atoms with E-state index in [1.807, 2.05) is 60.7 Å². The molecule has 242 valence electrons. The lowest BCUT2D eigenvalue weighted by atomic mass is 9.89. The lowest BCUT2D eigenvalue weighted by molar-refractivity contribution is 0.669. The van der Waals surface area contributed by atoms with Crippen LogP contribution in [0.4, 0.5) is 17.1 Å². The van der Waals surface area contributed by atoms with Gasteiger partial charge in [0.1, 0.15) is 11.2 Å². The van der Waals surface area contributed by atoms with Crippen molar-refractivity contribution in [3.8, 4) is 45.3 Å². The van der Waals surface area contributed by atoms with Crippen molar-refractivity contribution in [2.24, 2.45) is 0 Å². The van der Waals surface area contributed by atoms with Gasteiger partial charge in [-0.1, -0.05) is 115 Å². The molecule has 0 saturated heterocycles. The summed E-state index contributed by atoms with van der Waals surface area (Å²) in [5.74, 6) is 1.77. The van der Waals surface area contributed by atoms with Crippen molar-refractivity contribution in [1.82, 2.24) is 15.0 Å². The van der Waals surface area contributed by atoms with E-state index in [-0.39, 0.29) is 0 Å². The summed E-state index contributed by atoms with van der Waals surface area (Å²) in [5, 5.41) is 7.02. The molecule has 0 saturated carbocycles. The third kappa shape index (κ3) is 4.39. The highest BCUT2D eigenvalue weighted by Crippen LogP contribution is 2.52. The molecule has 0 bridgehead atoms. The summed E-state index contributed by atoms with van der Waals surface area (Å²) >= 11 is 0. The standard InChI is InChI=1S/C47H28N4O/c1-2-11-30(12-3-1)45-48-46(50-47(49-45)38-20-10-19-37-35-17-6-7-22-42(35)52-44(37)38)31-23-25-34(26-24-31)51-40-21-9-16-29-15-8-18-36(43(29)40)39-27-32-13-4-5-14-33(32)28-41(39)51/h1-28H. The molecule has 0 aliphatic carbocycles. The van der Waals surface area contributed by atoms with Gasteiger partial charge in [-0.2, -0.15) is 0 Å². The van der Waals surface area contributed by atoms with Gasteiger partial charge in [-0.05, 0) is 76.3 Å². The Labute approximate surface area is 299 Å². The summed E-state index contributed by atoms with van der Waals surface area (Å²) in [7, 11) is 0. The molecule has 0 atom stereocenters. The average molecular weight is 665 g/mol. The summed E-state index contributed by atoms with van der Waals surface area (Å²) in [4.78, 5) is 17.5. The van der Waals surface area contributed by atoms with Crippen molar-refractivity contribution in [2.75, 3.05) is 4.90 Å². The van der Waals surface area contributed by atoms with Crippen LogP contribution in [0.25, 0.3) is 88.8 Å². The van der Waals surface area contributed by atoms with E-state index in [2.05, 4.69) is 114 Å². The fraction of sp³-hybridized carbons (Fsp3) is 0. The van der Waals surface area contributed by atoms with Gasteiger partial charge in [-0.25, -0.2) is 15.0 Å². The molecule has 5 nitrogen and oxygen atoms in total. The topological polar surface area (TPSA) is 55.1 Å². The molecule has 5 heteroatoms. The van der Waals surface area contributed by atoms with Gasteiger partial charge in [0, 0.05) is 38.5 Å². The summed E-state index contributed by atoms with van der Waals surface area (Å²) < 4.78 is 6.41. The number of aromatic nitrogens is 3. The van der Waals surface area contributed by atoms with Gasteiger partial charge in [-0.3, -0.25) is 0 Å². The predicted molar refractivity (Wildman–Crippen MR) is 212 cm³/mol. The average Bonchev–Trinajstić information content (AvgIpc) is 3.60. The van der Waals surface area contributed by atoms with Gasteiger partial charge in [-0.15, -0.1) is 0 Å². The van der Waals surface area contributed by atoms with Gasteiger partial charge in [0.05, 0.1) is 16.9 Å². The summed E-state index contributed by atoms with van der Waals surface area (Å²) in [6.07, 6.45) is 0. The van der Waals surface area contributed by atoms with Gasteiger partial charge in [0.25, 0.3) is 0 Å². The van der Waals surface area contributed by atoms with Crippen molar-refractivity contribution >= 4 is 60.5 Å². The zero-order valence-electron chi connectivity index (χ0n) is 27.9. The van der Waals surface area contributed by atoms with Gasteiger partial charge < -0.3 is 9.32 Å². The van der Waals surface area contributed by atoms with Crippen LogP contribution in [0.1, 0.15) is 0 Å². The van der Waals surface area contributed by atoms with Crippen molar-refractivity contribution in [3.63, 3.8) is 0 Å². The number of hydrogen-bond acceptors (Lipinski definition) is 5. The van der Waals surface area contributed by atoms with Crippen LogP contribution in [0.5, 0.6) is 0 Å². The third-order valence-corrected chi connectivity index (χ3v) is 10.2. The molecule has 0 unspecified atom stereocenters. The second kappa shape index (κ2) is 11.2. The Morgan fingerprint density at radius 2 is 1.02 bits per heavy atom. The zero-order chi connectivity index (χ0) is 34.2. The summed E-state index contributed by atoms with van der Waals surface area (Å²) in [5.41, 5.74) is 10.1. The minimum Gasteiger partial charge on any atom is -0.455 e. The van der Waals surface area contributed by atoms with Crippen LogP contribution in [0.3, 0.4) is 0 Å². The van der Waals surface area contributed by atoms with E-state index < -0.39 is 0 Å². The molecular formula is C47H28N4O. The van der Waals surface area contributed by atoms with Gasteiger partial charge in [0.15, 0.2) is 17.5 Å². The Morgan fingerprint density at radius 1 is 0.404 bits per heavy atom. The second-order valence-electron chi connectivity index (χ2n) is 13.2. The van der Waals surface area contributed by atoms with E-state index in [0.717, 1.165) is 55.7 Å². The minimum atomic E-state index is 0.567. The first kappa shape index (κ1) is 28.7. The van der Waals surface area contributed by atoms with Crippen LogP contribution in [0, 0.1) is 0 Å². The molecule has 1 aliphatic rings. The first-order chi connectivity index (χ1) is 25.8. The molecule has 52 heavy (non-hydrogen) atoms. The van der Waals surface area contributed by atoms with Crippen LogP contribution in [0.15, 0.2) is 174 Å². The van der Waals surface area contributed by atoms with Crippen LogP contribution in [-0.4, -0.2) is 15.0 Å². The molecule has 0 N–H and O–H groups in total. The van der Waals surface area contributed by atoms with E-state index in [9.17, 15) is 0 Å². The first-order valence-electron chi connectivity index (χ1n) is 17.4. The number of benzene rings is 8. The predicted octanol–water partition coefficient (Wildman–Crippen LogP) is 12.5. The van der Waals surface area contributed by atoms with E-state index in [4.69, 9.17) is 19.4 Å². The smallest absolute Gasteiger partial charge is 0.167 e. The molecule has 0 spiro atoms. The fourth-order valence-electron chi connectivity index (χ4n) is 7.79. The van der Waals surface area contributed by atoms with E-state index in [1.54, 1.807) is 0 Å². The Morgan fingerprint density at radius 3 is 1.85 bits per heavy atom. The Kier molecular flexibility index (Phi) is 6.18. The second-order valence-corrected chi connectivity index (χ2v) is 13.2. The van der Waals surface area contributed by atoms with Crippen LogP contribution in [0.2, 0.25) is 0 Å².